The number of amides is 1. The second kappa shape index (κ2) is 11.6. The lowest BCUT2D eigenvalue weighted by atomic mass is 10.1. The first-order chi connectivity index (χ1) is 15.4. The number of hydrogen-bond donors (Lipinski definition) is 1. The Kier molecular flexibility index (Phi) is 9.38. The SMILES string of the molecule is COC(=O)[C@H](Cc1ccccc1)NS(=O)(=O)N1CCN(C(=O)CCC(=O)OC(C)(C)C)CC1. The highest BCUT2D eigenvalue weighted by atomic mass is 32.2. The number of hydrogen-bond acceptors (Lipinski definition) is 7. The number of carbonyl (C=O) groups is 3. The zero-order valence-electron chi connectivity index (χ0n) is 19.6. The third kappa shape index (κ3) is 8.75. The van der Waals surface area contributed by atoms with Crippen LogP contribution in [0.3, 0.4) is 0 Å². The molecule has 0 spiro atoms. The van der Waals surface area contributed by atoms with Gasteiger partial charge in [0.25, 0.3) is 10.2 Å². The maximum atomic E-state index is 12.9. The van der Waals surface area contributed by atoms with E-state index in [9.17, 15) is 22.8 Å². The molecular formula is C22H33N3O7S. The van der Waals surface area contributed by atoms with E-state index in [1.807, 2.05) is 6.07 Å². The number of methoxy groups -OCH3 is 1. The normalized spacial score (nSPS) is 16.2. The molecule has 1 heterocycles. The molecule has 0 saturated carbocycles. The van der Waals surface area contributed by atoms with Crippen LogP contribution in [-0.2, 0) is 40.5 Å². The average Bonchev–Trinajstić information content (AvgIpc) is 2.76. The van der Waals surface area contributed by atoms with Gasteiger partial charge < -0.3 is 14.4 Å². The summed E-state index contributed by atoms with van der Waals surface area (Å²) in [6.45, 7) is 5.80. The van der Waals surface area contributed by atoms with Gasteiger partial charge in [0.2, 0.25) is 5.91 Å². The highest BCUT2D eigenvalue weighted by molar-refractivity contribution is 7.87. The fourth-order valence-corrected chi connectivity index (χ4v) is 4.69. The van der Waals surface area contributed by atoms with Crippen LogP contribution in [0.4, 0.5) is 0 Å². The summed E-state index contributed by atoms with van der Waals surface area (Å²) in [5.74, 6) is -1.37. The summed E-state index contributed by atoms with van der Waals surface area (Å²) in [4.78, 5) is 37.9. The van der Waals surface area contributed by atoms with Crippen molar-refractivity contribution in [2.75, 3.05) is 33.3 Å². The van der Waals surface area contributed by atoms with Crippen molar-refractivity contribution >= 4 is 28.1 Å². The minimum absolute atomic E-state index is 0.00139. The van der Waals surface area contributed by atoms with Gasteiger partial charge >= 0.3 is 11.9 Å². The van der Waals surface area contributed by atoms with E-state index in [4.69, 9.17) is 9.47 Å². The zero-order valence-corrected chi connectivity index (χ0v) is 20.4. The Labute approximate surface area is 195 Å². The summed E-state index contributed by atoms with van der Waals surface area (Å²) < 4.78 is 39.3. The smallest absolute Gasteiger partial charge is 0.324 e. The molecule has 1 aliphatic heterocycles. The first kappa shape index (κ1) is 26.7. The lowest BCUT2D eigenvalue weighted by Crippen LogP contribution is -2.56. The van der Waals surface area contributed by atoms with Crippen LogP contribution in [0.2, 0.25) is 0 Å². The van der Waals surface area contributed by atoms with Gasteiger partial charge in [0, 0.05) is 32.6 Å². The molecule has 0 aromatic heterocycles. The molecule has 1 aromatic rings. The molecule has 1 aromatic carbocycles. The van der Waals surface area contributed by atoms with Crippen molar-refractivity contribution in [1.29, 1.82) is 0 Å². The summed E-state index contributed by atoms with van der Waals surface area (Å²) in [6.07, 6.45) is 0.119. The highest BCUT2D eigenvalue weighted by Crippen LogP contribution is 2.13. The number of piperazine rings is 1. The largest absolute Gasteiger partial charge is 0.468 e. The van der Waals surface area contributed by atoms with E-state index >= 15 is 0 Å². The van der Waals surface area contributed by atoms with Gasteiger partial charge in [-0.1, -0.05) is 30.3 Å². The van der Waals surface area contributed by atoms with Crippen LogP contribution in [0.25, 0.3) is 0 Å². The maximum Gasteiger partial charge on any atom is 0.324 e. The van der Waals surface area contributed by atoms with Crippen LogP contribution < -0.4 is 4.72 Å². The van der Waals surface area contributed by atoms with E-state index in [0.717, 1.165) is 5.56 Å². The Balaban J connectivity index is 1.90. The van der Waals surface area contributed by atoms with E-state index in [1.165, 1.54) is 16.3 Å². The third-order valence-electron chi connectivity index (χ3n) is 4.95. The van der Waals surface area contributed by atoms with Crippen molar-refractivity contribution in [3.8, 4) is 0 Å². The fourth-order valence-electron chi connectivity index (χ4n) is 3.36. The summed E-state index contributed by atoms with van der Waals surface area (Å²) in [7, 11) is -2.78. The summed E-state index contributed by atoms with van der Waals surface area (Å²) in [5.41, 5.74) is 0.173. The molecule has 1 fully saturated rings. The monoisotopic (exact) mass is 483 g/mol. The van der Waals surface area contributed by atoms with E-state index in [2.05, 4.69) is 4.72 Å². The second-order valence-electron chi connectivity index (χ2n) is 8.75. The fraction of sp³-hybridized carbons (Fsp3) is 0.591. The predicted molar refractivity (Wildman–Crippen MR) is 121 cm³/mol. The molecule has 10 nitrogen and oxygen atoms in total. The van der Waals surface area contributed by atoms with E-state index in [1.54, 1.807) is 45.0 Å². The molecule has 184 valence electrons. The number of rotatable bonds is 9. The van der Waals surface area contributed by atoms with Gasteiger partial charge in [0.1, 0.15) is 11.6 Å². The number of benzene rings is 1. The molecule has 1 aliphatic rings. The van der Waals surface area contributed by atoms with Crippen LogP contribution in [0.5, 0.6) is 0 Å². The van der Waals surface area contributed by atoms with Crippen LogP contribution in [0, 0.1) is 0 Å². The Hall–Kier alpha value is -2.50. The van der Waals surface area contributed by atoms with Gasteiger partial charge in [-0.2, -0.15) is 17.4 Å². The number of nitrogens with zero attached hydrogens (tertiary/aromatic N) is 2. The molecule has 1 N–H and O–H groups in total. The maximum absolute atomic E-state index is 12.9. The van der Waals surface area contributed by atoms with Crippen molar-refractivity contribution in [2.45, 2.75) is 51.7 Å². The first-order valence-corrected chi connectivity index (χ1v) is 12.2. The van der Waals surface area contributed by atoms with E-state index < -0.39 is 33.8 Å². The van der Waals surface area contributed by atoms with Gasteiger partial charge in [-0.3, -0.25) is 14.4 Å². The van der Waals surface area contributed by atoms with Crippen LogP contribution >= 0.6 is 0 Å². The van der Waals surface area contributed by atoms with E-state index in [-0.39, 0.29) is 51.3 Å². The van der Waals surface area contributed by atoms with E-state index in [0.29, 0.717) is 0 Å². The quantitative estimate of drug-likeness (QED) is 0.517. The van der Waals surface area contributed by atoms with Crippen molar-refractivity contribution in [2.24, 2.45) is 0 Å². The van der Waals surface area contributed by atoms with Gasteiger partial charge in [-0.05, 0) is 32.8 Å². The molecule has 1 atom stereocenters. The average molecular weight is 484 g/mol. The number of ether oxygens (including phenoxy) is 2. The Morgan fingerprint density at radius 1 is 1.03 bits per heavy atom. The minimum Gasteiger partial charge on any atom is -0.468 e. The second-order valence-corrected chi connectivity index (χ2v) is 10.5. The molecular weight excluding hydrogens is 450 g/mol. The molecule has 0 bridgehead atoms. The first-order valence-electron chi connectivity index (χ1n) is 10.8. The predicted octanol–water partition coefficient (Wildman–Crippen LogP) is 0.871. The third-order valence-corrected chi connectivity index (χ3v) is 6.58. The summed E-state index contributed by atoms with van der Waals surface area (Å²) in [5, 5.41) is 0. The zero-order chi connectivity index (χ0) is 24.6. The van der Waals surface area contributed by atoms with Gasteiger partial charge in [0.05, 0.1) is 13.5 Å². The molecule has 0 unspecified atom stereocenters. The molecule has 11 heteroatoms. The number of carbonyl (C=O) groups excluding carboxylic acids is 3. The van der Waals surface area contributed by atoms with Crippen molar-refractivity contribution < 1.29 is 32.3 Å². The molecule has 1 saturated heterocycles. The number of nitrogens with one attached hydrogen (secondary N) is 1. The molecule has 0 aliphatic carbocycles. The van der Waals surface area contributed by atoms with Gasteiger partial charge in [-0.15, -0.1) is 0 Å². The van der Waals surface area contributed by atoms with Crippen molar-refractivity contribution in [3.05, 3.63) is 35.9 Å². The minimum atomic E-state index is -3.98. The molecule has 2 rings (SSSR count). The van der Waals surface area contributed by atoms with Gasteiger partial charge in [0.15, 0.2) is 0 Å². The topological polar surface area (TPSA) is 122 Å². The van der Waals surface area contributed by atoms with Gasteiger partial charge in [-0.25, -0.2) is 0 Å². The highest BCUT2D eigenvalue weighted by Gasteiger charge is 2.33. The van der Waals surface area contributed by atoms with Crippen LogP contribution in [-0.4, -0.2) is 80.4 Å². The lowest BCUT2D eigenvalue weighted by molar-refractivity contribution is -0.156. The van der Waals surface area contributed by atoms with Crippen LogP contribution in [0.15, 0.2) is 30.3 Å². The number of esters is 2. The van der Waals surface area contributed by atoms with Crippen LogP contribution in [0.1, 0.15) is 39.2 Å². The molecule has 1 amide bonds. The van der Waals surface area contributed by atoms with Crippen molar-refractivity contribution in [3.63, 3.8) is 0 Å². The summed E-state index contributed by atoms with van der Waals surface area (Å²) in [6, 6.07) is 7.96. The Morgan fingerprint density at radius 3 is 2.18 bits per heavy atom. The lowest BCUT2D eigenvalue weighted by Gasteiger charge is -2.34. The Morgan fingerprint density at radius 2 is 1.64 bits per heavy atom. The summed E-state index contributed by atoms with van der Waals surface area (Å²) >= 11 is 0. The molecule has 33 heavy (non-hydrogen) atoms. The standard InChI is InChI=1S/C22H33N3O7S/c1-22(2,3)32-20(27)11-10-19(26)24-12-14-25(15-13-24)33(29,30)23-18(21(28)31-4)16-17-8-6-5-7-9-17/h5-9,18,23H,10-16H2,1-4H3/t18-/m0/s1. The van der Waals surface area contributed by atoms with Crippen molar-refractivity contribution in [1.82, 2.24) is 13.9 Å². The molecule has 0 radical (unpaired) electrons. The Bertz CT molecular complexity index is 921.